The van der Waals surface area contributed by atoms with E-state index < -0.39 is 0 Å². The van der Waals surface area contributed by atoms with Crippen LogP contribution in [-0.4, -0.2) is 6.29 Å². The van der Waals surface area contributed by atoms with Gasteiger partial charge in [0.2, 0.25) is 0 Å². The molecule has 68 valence electrons. The second kappa shape index (κ2) is 4.83. The molecule has 0 bridgehead atoms. The Morgan fingerprint density at radius 2 is 2.00 bits per heavy atom. The van der Waals surface area contributed by atoms with Gasteiger partial charge in [-0.3, -0.25) is 4.79 Å². The van der Waals surface area contributed by atoms with Crippen LogP contribution in [0.25, 0.3) is 0 Å². The molecule has 0 saturated carbocycles. The van der Waals surface area contributed by atoms with Crippen LogP contribution in [0.5, 0.6) is 0 Å². The van der Waals surface area contributed by atoms with E-state index in [1.165, 1.54) is 0 Å². The first-order chi connectivity index (χ1) is 6.24. The third-order valence-electron chi connectivity index (χ3n) is 1.82. The van der Waals surface area contributed by atoms with E-state index >= 15 is 0 Å². The summed E-state index contributed by atoms with van der Waals surface area (Å²) in [5.74, 6) is 0. The number of hydrogen-bond acceptors (Lipinski definition) is 1. The normalized spacial score (nSPS) is 12.2. The van der Waals surface area contributed by atoms with Crippen LogP contribution >= 0.6 is 11.6 Å². The van der Waals surface area contributed by atoms with Crippen LogP contribution in [0.4, 0.5) is 0 Å². The average Bonchev–Trinajstić information content (AvgIpc) is 2.15. The quantitative estimate of drug-likeness (QED) is 0.534. The number of aldehydes is 1. The maximum Gasteiger partial charge on any atom is 0.147 e. The molecule has 2 heteroatoms. The van der Waals surface area contributed by atoms with Gasteiger partial charge in [-0.1, -0.05) is 41.9 Å². The van der Waals surface area contributed by atoms with Gasteiger partial charge in [0.05, 0.1) is 0 Å². The number of rotatable bonds is 3. The lowest BCUT2D eigenvalue weighted by Crippen LogP contribution is -1.92. The van der Waals surface area contributed by atoms with Crippen molar-refractivity contribution in [2.45, 2.75) is 13.3 Å². The van der Waals surface area contributed by atoms with Gasteiger partial charge in [-0.05, 0) is 12.5 Å². The molecule has 0 saturated heterocycles. The standard InChI is InChI=1S/C11H11ClO/c1-9(12)11(8-13)7-10-5-3-2-4-6-10/h2-6,8H,7H2,1H3/b11-9+. The molecule has 0 aliphatic rings. The van der Waals surface area contributed by atoms with Crippen molar-refractivity contribution >= 4 is 17.9 Å². The van der Waals surface area contributed by atoms with Crippen molar-refractivity contribution in [2.75, 3.05) is 0 Å². The molecule has 1 aromatic rings. The number of hydrogen-bond donors (Lipinski definition) is 0. The number of halogens is 1. The van der Waals surface area contributed by atoms with Crippen molar-refractivity contribution in [3.63, 3.8) is 0 Å². The summed E-state index contributed by atoms with van der Waals surface area (Å²) in [5, 5.41) is 0.568. The number of carbonyl (C=O) groups excluding carboxylic acids is 1. The molecule has 0 unspecified atom stereocenters. The van der Waals surface area contributed by atoms with Crippen molar-refractivity contribution in [1.82, 2.24) is 0 Å². The lowest BCUT2D eigenvalue weighted by atomic mass is 10.1. The maximum atomic E-state index is 10.6. The van der Waals surface area contributed by atoms with E-state index in [1.807, 2.05) is 30.3 Å². The predicted molar refractivity (Wildman–Crippen MR) is 54.8 cm³/mol. The molecule has 0 atom stereocenters. The number of benzene rings is 1. The first kappa shape index (κ1) is 10.0. The van der Waals surface area contributed by atoms with E-state index in [9.17, 15) is 4.79 Å². The minimum Gasteiger partial charge on any atom is -0.298 e. The van der Waals surface area contributed by atoms with Crippen molar-refractivity contribution < 1.29 is 4.79 Å². The van der Waals surface area contributed by atoms with E-state index in [-0.39, 0.29) is 0 Å². The molecule has 0 aromatic heterocycles. The van der Waals surface area contributed by atoms with Gasteiger partial charge in [0.1, 0.15) is 6.29 Å². The van der Waals surface area contributed by atoms with Crippen molar-refractivity contribution in [2.24, 2.45) is 0 Å². The zero-order valence-corrected chi connectivity index (χ0v) is 8.21. The minimum absolute atomic E-state index is 0.568. The van der Waals surface area contributed by atoms with Gasteiger partial charge in [0.25, 0.3) is 0 Å². The summed E-state index contributed by atoms with van der Waals surface area (Å²) in [4.78, 5) is 10.6. The van der Waals surface area contributed by atoms with E-state index in [2.05, 4.69) is 0 Å². The van der Waals surface area contributed by atoms with Crippen LogP contribution in [0, 0.1) is 0 Å². The summed E-state index contributed by atoms with van der Waals surface area (Å²) in [6.45, 7) is 1.73. The molecular formula is C11H11ClO. The first-order valence-corrected chi connectivity index (χ1v) is 4.46. The topological polar surface area (TPSA) is 17.1 Å². The fourth-order valence-corrected chi connectivity index (χ4v) is 1.17. The van der Waals surface area contributed by atoms with Gasteiger partial charge in [-0.2, -0.15) is 0 Å². The van der Waals surface area contributed by atoms with Gasteiger partial charge < -0.3 is 0 Å². The van der Waals surface area contributed by atoms with Crippen molar-refractivity contribution in [3.05, 3.63) is 46.5 Å². The van der Waals surface area contributed by atoms with Gasteiger partial charge in [-0.25, -0.2) is 0 Å². The minimum atomic E-state index is 0.568. The van der Waals surface area contributed by atoms with Crippen LogP contribution in [-0.2, 0) is 11.2 Å². The zero-order chi connectivity index (χ0) is 9.68. The summed E-state index contributed by atoms with van der Waals surface area (Å²) in [6, 6.07) is 9.79. The molecule has 0 N–H and O–H groups in total. The molecule has 0 aliphatic heterocycles. The summed E-state index contributed by atoms with van der Waals surface area (Å²) in [5.41, 5.74) is 1.75. The monoisotopic (exact) mass is 194 g/mol. The highest BCUT2D eigenvalue weighted by atomic mass is 35.5. The molecule has 1 nitrogen and oxygen atoms in total. The molecule has 0 fully saturated rings. The van der Waals surface area contributed by atoms with Crippen molar-refractivity contribution in [1.29, 1.82) is 0 Å². The number of carbonyl (C=O) groups is 1. The third-order valence-corrected chi connectivity index (χ3v) is 2.06. The zero-order valence-electron chi connectivity index (χ0n) is 7.46. The lowest BCUT2D eigenvalue weighted by molar-refractivity contribution is -0.105. The Kier molecular flexibility index (Phi) is 3.71. The Hall–Kier alpha value is -1.08. The van der Waals surface area contributed by atoms with Crippen LogP contribution in [0.15, 0.2) is 40.9 Å². The van der Waals surface area contributed by atoms with E-state index in [0.717, 1.165) is 11.8 Å². The van der Waals surface area contributed by atoms with E-state index in [4.69, 9.17) is 11.6 Å². The Morgan fingerprint density at radius 3 is 2.46 bits per heavy atom. The summed E-state index contributed by atoms with van der Waals surface area (Å²) >= 11 is 5.74. The Labute approximate surface area is 83.0 Å². The molecule has 0 radical (unpaired) electrons. The van der Waals surface area contributed by atoms with E-state index in [1.54, 1.807) is 6.92 Å². The van der Waals surface area contributed by atoms with E-state index in [0.29, 0.717) is 17.0 Å². The summed E-state index contributed by atoms with van der Waals surface area (Å²) in [7, 11) is 0. The highest BCUT2D eigenvalue weighted by Gasteiger charge is 2.00. The van der Waals surface area contributed by atoms with Crippen molar-refractivity contribution in [3.8, 4) is 0 Å². The molecular weight excluding hydrogens is 184 g/mol. The molecule has 1 aromatic carbocycles. The van der Waals surface area contributed by atoms with Gasteiger partial charge in [0.15, 0.2) is 0 Å². The fraction of sp³-hybridized carbons (Fsp3) is 0.182. The molecule has 13 heavy (non-hydrogen) atoms. The smallest absolute Gasteiger partial charge is 0.147 e. The van der Waals surface area contributed by atoms with Gasteiger partial charge in [-0.15, -0.1) is 0 Å². The molecule has 0 amide bonds. The number of allylic oxidation sites excluding steroid dienone is 2. The average molecular weight is 195 g/mol. The molecule has 1 rings (SSSR count). The van der Waals surface area contributed by atoms with Crippen LogP contribution in [0.1, 0.15) is 12.5 Å². The maximum absolute atomic E-state index is 10.6. The molecule has 0 spiro atoms. The third kappa shape index (κ3) is 3.03. The molecule has 0 heterocycles. The SMILES string of the molecule is C/C(Cl)=C(\C=O)Cc1ccccc1. The lowest BCUT2D eigenvalue weighted by Gasteiger charge is -2.00. The summed E-state index contributed by atoms with van der Waals surface area (Å²) in [6.07, 6.45) is 1.43. The van der Waals surface area contributed by atoms with Crippen LogP contribution in [0.2, 0.25) is 0 Å². The Bertz CT molecular complexity index is 310. The van der Waals surface area contributed by atoms with Crippen LogP contribution in [0.3, 0.4) is 0 Å². The summed E-state index contributed by atoms with van der Waals surface area (Å²) < 4.78 is 0. The predicted octanol–water partition coefficient (Wildman–Crippen LogP) is 2.94. The Balaban J connectivity index is 2.80. The molecule has 0 aliphatic carbocycles. The fourth-order valence-electron chi connectivity index (χ4n) is 1.06. The second-order valence-electron chi connectivity index (χ2n) is 2.84. The highest BCUT2D eigenvalue weighted by molar-refractivity contribution is 6.30. The van der Waals surface area contributed by atoms with Gasteiger partial charge >= 0.3 is 0 Å². The van der Waals surface area contributed by atoms with Gasteiger partial charge in [0, 0.05) is 17.0 Å². The second-order valence-corrected chi connectivity index (χ2v) is 3.41. The highest BCUT2D eigenvalue weighted by Crippen LogP contribution is 2.12. The Morgan fingerprint density at radius 1 is 1.38 bits per heavy atom. The largest absolute Gasteiger partial charge is 0.298 e. The first-order valence-electron chi connectivity index (χ1n) is 4.08. The van der Waals surface area contributed by atoms with Crippen LogP contribution < -0.4 is 0 Å².